The topological polar surface area (TPSA) is 109 Å². The number of hydrogen-bond acceptors (Lipinski definition) is 4. The lowest BCUT2D eigenvalue weighted by Crippen LogP contribution is -2.23. The highest BCUT2D eigenvalue weighted by Crippen LogP contribution is 2.14. The standard InChI is InChI=1S/2C11H11FO3/c2*1-2-9(11(14)15)10(13)7-3-5-8(12)6-4-7/h2*3-6,9H,2H2,1H3,(H,14,15). The van der Waals surface area contributed by atoms with Crippen LogP contribution in [-0.2, 0) is 9.59 Å². The van der Waals surface area contributed by atoms with Crippen molar-refractivity contribution >= 4 is 23.5 Å². The van der Waals surface area contributed by atoms with Crippen molar-refractivity contribution in [1.29, 1.82) is 0 Å². The molecule has 30 heavy (non-hydrogen) atoms. The Morgan fingerprint density at radius 3 is 1.13 bits per heavy atom. The third-order valence-electron chi connectivity index (χ3n) is 4.30. The van der Waals surface area contributed by atoms with Crippen LogP contribution in [0.25, 0.3) is 0 Å². The van der Waals surface area contributed by atoms with Gasteiger partial charge in [0, 0.05) is 11.1 Å². The summed E-state index contributed by atoms with van der Waals surface area (Å²) in [6.07, 6.45) is 0.455. The number of rotatable bonds is 8. The van der Waals surface area contributed by atoms with E-state index in [-0.39, 0.29) is 24.0 Å². The summed E-state index contributed by atoms with van der Waals surface area (Å²) in [4.78, 5) is 44.7. The molecule has 0 aromatic heterocycles. The van der Waals surface area contributed by atoms with Gasteiger partial charge in [0.1, 0.15) is 23.5 Å². The highest BCUT2D eigenvalue weighted by molar-refractivity contribution is 6.08. The van der Waals surface area contributed by atoms with Crippen molar-refractivity contribution in [2.24, 2.45) is 11.8 Å². The fourth-order valence-corrected chi connectivity index (χ4v) is 2.58. The first kappa shape index (κ1) is 24.6. The Hall–Kier alpha value is -3.42. The molecule has 0 spiro atoms. The van der Waals surface area contributed by atoms with E-state index in [4.69, 9.17) is 10.2 Å². The average Bonchev–Trinajstić information content (AvgIpc) is 2.70. The quantitative estimate of drug-likeness (QED) is 0.488. The molecule has 8 heteroatoms. The van der Waals surface area contributed by atoms with Gasteiger partial charge in [-0.2, -0.15) is 0 Å². The smallest absolute Gasteiger partial charge is 0.314 e. The van der Waals surface area contributed by atoms with Crippen LogP contribution in [0.1, 0.15) is 47.4 Å². The minimum absolute atomic E-state index is 0.227. The number of carboxylic acids is 2. The third kappa shape index (κ3) is 6.88. The lowest BCUT2D eigenvalue weighted by atomic mass is 9.95. The number of halogens is 2. The van der Waals surface area contributed by atoms with E-state index in [0.717, 1.165) is 24.3 Å². The Morgan fingerprint density at radius 2 is 0.933 bits per heavy atom. The monoisotopic (exact) mass is 420 g/mol. The molecule has 2 unspecified atom stereocenters. The van der Waals surface area contributed by atoms with E-state index in [1.165, 1.54) is 24.3 Å². The Bertz CT molecular complexity index is 815. The summed E-state index contributed by atoms with van der Waals surface area (Å²) in [6.45, 7) is 3.25. The van der Waals surface area contributed by atoms with Crippen LogP contribution in [-0.4, -0.2) is 33.7 Å². The van der Waals surface area contributed by atoms with Gasteiger partial charge in [-0.15, -0.1) is 0 Å². The van der Waals surface area contributed by atoms with Gasteiger partial charge in [-0.05, 0) is 61.4 Å². The predicted molar refractivity (Wildman–Crippen MR) is 104 cm³/mol. The van der Waals surface area contributed by atoms with Gasteiger partial charge >= 0.3 is 11.9 Å². The largest absolute Gasteiger partial charge is 0.481 e. The summed E-state index contributed by atoms with van der Waals surface area (Å²) in [5.41, 5.74) is 0.455. The highest BCUT2D eigenvalue weighted by atomic mass is 19.1. The molecule has 0 saturated heterocycles. The number of Topliss-reactive ketones (excluding diaryl/α,β-unsaturated/α-hetero) is 2. The maximum atomic E-state index is 12.6. The summed E-state index contributed by atoms with van der Waals surface area (Å²) in [7, 11) is 0. The van der Waals surface area contributed by atoms with E-state index in [2.05, 4.69) is 0 Å². The van der Waals surface area contributed by atoms with E-state index in [1.807, 2.05) is 0 Å². The van der Waals surface area contributed by atoms with Crippen LogP contribution < -0.4 is 0 Å². The van der Waals surface area contributed by atoms with E-state index < -0.39 is 47.0 Å². The summed E-state index contributed by atoms with van der Waals surface area (Å²) in [5, 5.41) is 17.5. The van der Waals surface area contributed by atoms with Crippen molar-refractivity contribution in [3.63, 3.8) is 0 Å². The van der Waals surface area contributed by atoms with E-state index in [1.54, 1.807) is 13.8 Å². The van der Waals surface area contributed by atoms with Crippen LogP contribution >= 0.6 is 0 Å². The van der Waals surface area contributed by atoms with Crippen LogP contribution in [0.2, 0.25) is 0 Å². The van der Waals surface area contributed by atoms with Gasteiger partial charge in [0.25, 0.3) is 0 Å². The zero-order chi connectivity index (χ0) is 22.8. The first-order chi connectivity index (χ1) is 14.1. The molecule has 0 aliphatic rings. The second-order valence-electron chi connectivity index (χ2n) is 6.34. The SMILES string of the molecule is CCC(C(=O)O)C(=O)c1ccc(F)cc1.CCC(C(=O)O)C(=O)c1ccc(F)cc1. The van der Waals surface area contributed by atoms with E-state index in [0.29, 0.717) is 0 Å². The highest BCUT2D eigenvalue weighted by Gasteiger charge is 2.25. The van der Waals surface area contributed by atoms with Crippen molar-refractivity contribution in [1.82, 2.24) is 0 Å². The molecule has 160 valence electrons. The Kier molecular flexibility index (Phi) is 9.48. The molecule has 2 aromatic rings. The Morgan fingerprint density at radius 1 is 0.667 bits per heavy atom. The van der Waals surface area contributed by atoms with Gasteiger partial charge in [-0.1, -0.05) is 13.8 Å². The van der Waals surface area contributed by atoms with Crippen LogP contribution in [0, 0.1) is 23.5 Å². The van der Waals surface area contributed by atoms with Crippen LogP contribution in [0.4, 0.5) is 8.78 Å². The van der Waals surface area contributed by atoms with Gasteiger partial charge < -0.3 is 10.2 Å². The number of hydrogen-bond donors (Lipinski definition) is 2. The number of benzene rings is 2. The lowest BCUT2D eigenvalue weighted by Gasteiger charge is -2.07. The second kappa shape index (κ2) is 11.5. The molecule has 0 heterocycles. The molecule has 0 fully saturated rings. The van der Waals surface area contributed by atoms with Crippen molar-refractivity contribution in [2.75, 3.05) is 0 Å². The zero-order valence-corrected chi connectivity index (χ0v) is 16.5. The zero-order valence-electron chi connectivity index (χ0n) is 16.5. The third-order valence-corrected chi connectivity index (χ3v) is 4.30. The first-order valence-corrected chi connectivity index (χ1v) is 9.17. The lowest BCUT2D eigenvalue weighted by molar-refractivity contribution is -0.141. The van der Waals surface area contributed by atoms with Crippen molar-refractivity contribution in [3.8, 4) is 0 Å². The van der Waals surface area contributed by atoms with Crippen molar-refractivity contribution in [3.05, 3.63) is 71.3 Å². The molecule has 0 aliphatic heterocycles. The van der Waals surface area contributed by atoms with Gasteiger partial charge in [0.15, 0.2) is 11.6 Å². The summed E-state index contributed by atoms with van der Waals surface area (Å²) in [5.74, 6) is -6.25. The minimum atomic E-state index is -1.15. The summed E-state index contributed by atoms with van der Waals surface area (Å²) < 4.78 is 25.1. The molecule has 0 aliphatic carbocycles. The number of carbonyl (C=O) groups is 4. The van der Waals surface area contributed by atoms with Gasteiger partial charge in [0.2, 0.25) is 0 Å². The van der Waals surface area contributed by atoms with Crippen LogP contribution in [0.15, 0.2) is 48.5 Å². The number of aliphatic carboxylic acids is 2. The van der Waals surface area contributed by atoms with Crippen LogP contribution in [0.5, 0.6) is 0 Å². The van der Waals surface area contributed by atoms with Gasteiger partial charge in [-0.25, -0.2) is 8.78 Å². The van der Waals surface area contributed by atoms with E-state index in [9.17, 15) is 28.0 Å². The number of ketones is 2. The molecule has 6 nitrogen and oxygen atoms in total. The summed E-state index contributed by atoms with van der Waals surface area (Å²) >= 11 is 0. The molecule has 0 radical (unpaired) electrons. The number of carboxylic acid groups (broad SMARTS) is 2. The maximum Gasteiger partial charge on any atom is 0.314 e. The Labute approximate surface area is 172 Å². The molecule has 2 aromatic carbocycles. The average molecular weight is 420 g/mol. The van der Waals surface area contributed by atoms with Gasteiger partial charge in [-0.3, -0.25) is 19.2 Å². The molecular weight excluding hydrogens is 398 g/mol. The van der Waals surface area contributed by atoms with Gasteiger partial charge in [0.05, 0.1) is 0 Å². The predicted octanol–water partition coefficient (Wildman–Crippen LogP) is 4.24. The molecule has 0 saturated carbocycles. The van der Waals surface area contributed by atoms with Crippen LogP contribution in [0.3, 0.4) is 0 Å². The molecule has 2 N–H and O–H groups in total. The minimum Gasteiger partial charge on any atom is -0.481 e. The Balaban J connectivity index is 0.000000300. The van der Waals surface area contributed by atoms with Crippen molar-refractivity contribution < 1.29 is 38.2 Å². The first-order valence-electron chi connectivity index (χ1n) is 9.17. The molecule has 0 amide bonds. The maximum absolute atomic E-state index is 12.6. The van der Waals surface area contributed by atoms with Crippen molar-refractivity contribution in [2.45, 2.75) is 26.7 Å². The molecular formula is C22H22F2O6. The molecule has 0 bridgehead atoms. The molecule has 2 rings (SSSR count). The fourth-order valence-electron chi connectivity index (χ4n) is 2.58. The second-order valence-corrected chi connectivity index (χ2v) is 6.34. The van der Waals surface area contributed by atoms with E-state index >= 15 is 0 Å². The molecule has 2 atom stereocenters. The summed E-state index contributed by atoms with van der Waals surface area (Å²) in [6, 6.07) is 9.74. The normalized spacial score (nSPS) is 12.1. The fraction of sp³-hybridized carbons (Fsp3) is 0.273. The number of carbonyl (C=O) groups excluding carboxylic acids is 2.